The van der Waals surface area contributed by atoms with E-state index in [2.05, 4.69) is 56.7 Å². The normalized spacial score (nSPS) is 11.7. The fraction of sp³-hybridized carbons (Fsp3) is 0.333. The molecule has 0 spiro atoms. The van der Waals surface area contributed by atoms with Gasteiger partial charge < -0.3 is 5.32 Å². The van der Waals surface area contributed by atoms with Crippen LogP contribution in [-0.4, -0.2) is 45.9 Å². The van der Waals surface area contributed by atoms with E-state index in [9.17, 15) is 4.79 Å². The molecule has 0 aliphatic carbocycles. The number of nitrogens with one attached hydrogen (secondary N) is 2. The molecule has 0 unspecified atom stereocenters. The molecule has 160 valence electrons. The number of amides is 1. The van der Waals surface area contributed by atoms with Crippen molar-refractivity contribution in [2.45, 2.75) is 40.0 Å². The maximum atomic E-state index is 12.8. The third-order valence-electron chi connectivity index (χ3n) is 5.17. The highest BCUT2D eigenvalue weighted by Gasteiger charge is 2.19. The molecular formula is C21H25N9O. The molecule has 0 aromatic carbocycles. The quantitative estimate of drug-likeness (QED) is 0.525. The zero-order chi connectivity index (χ0) is 22.3. The molecule has 0 aliphatic heterocycles. The van der Waals surface area contributed by atoms with Gasteiger partial charge in [-0.25, -0.2) is 4.68 Å². The fourth-order valence-electron chi connectivity index (χ4n) is 3.10. The summed E-state index contributed by atoms with van der Waals surface area (Å²) in [5.41, 5.74) is 5.16. The maximum Gasteiger partial charge on any atom is 0.258 e. The predicted octanol–water partition coefficient (Wildman–Crippen LogP) is 2.95. The molecule has 4 aromatic rings. The van der Waals surface area contributed by atoms with E-state index in [0.29, 0.717) is 22.8 Å². The molecular weight excluding hydrogens is 394 g/mol. The van der Waals surface area contributed by atoms with Crippen LogP contribution in [0.4, 0.5) is 5.82 Å². The Bertz CT molecular complexity index is 1260. The van der Waals surface area contributed by atoms with E-state index in [0.717, 1.165) is 22.6 Å². The lowest BCUT2D eigenvalue weighted by molar-refractivity contribution is 0.102. The molecule has 4 heterocycles. The van der Waals surface area contributed by atoms with Crippen LogP contribution in [0.25, 0.3) is 16.9 Å². The number of carbonyl (C=O) groups excluding carboxylic acids is 1. The van der Waals surface area contributed by atoms with E-state index in [1.54, 1.807) is 27.8 Å². The van der Waals surface area contributed by atoms with Gasteiger partial charge in [-0.3, -0.25) is 19.6 Å². The molecule has 0 fully saturated rings. The zero-order valence-electron chi connectivity index (χ0n) is 18.4. The van der Waals surface area contributed by atoms with Gasteiger partial charge in [-0.1, -0.05) is 26.0 Å². The average Bonchev–Trinajstić information content (AvgIpc) is 3.43. The number of hydrogen-bond donors (Lipinski definition) is 2. The zero-order valence-corrected chi connectivity index (χ0v) is 18.4. The molecule has 31 heavy (non-hydrogen) atoms. The van der Waals surface area contributed by atoms with Gasteiger partial charge in [0, 0.05) is 36.0 Å². The lowest BCUT2D eigenvalue weighted by atomic mass is 9.92. The third kappa shape index (κ3) is 3.96. The highest BCUT2D eigenvalue weighted by Crippen LogP contribution is 2.23. The van der Waals surface area contributed by atoms with Crippen molar-refractivity contribution in [3.63, 3.8) is 0 Å². The Kier molecular flexibility index (Phi) is 4.92. The van der Waals surface area contributed by atoms with E-state index in [-0.39, 0.29) is 11.3 Å². The van der Waals surface area contributed by atoms with Crippen LogP contribution >= 0.6 is 0 Å². The van der Waals surface area contributed by atoms with E-state index < -0.39 is 0 Å². The van der Waals surface area contributed by atoms with Crippen molar-refractivity contribution in [2.75, 3.05) is 5.32 Å². The van der Waals surface area contributed by atoms with Gasteiger partial charge in [-0.2, -0.15) is 10.2 Å². The van der Waals surface area contributed by atoms with Crippen LogP contribution in [0.1, 0.15) is 48.2 Å². The fourth-order valence-corrected chi connectivity index (χ4v) is 3.10. The summed E-state index contributed by atoms with van der Waals surface area (Å²) in [7, 11) is 1.88. The number of carbonyl (C=O) groups is 1. The van der Waals surface area contributed by atoms with Crippen molar-refractivity contribution in [1.29, 1.82) is 0 Å². The van der Waals surface area contributed by atoms with Gasteiger partial charge in [-0.15, -0.1) is 5.10 Å². The molecule has 2 N–H and O–H groups in total. The highest BCUT2D eigenvalue weighted by molar-refractivity contribution is 6.03. The van der Waals surface area contributed by atoms with Crippen molar-refractivity contribution in [3.8, 4) is 16.9 Å². The summed E-state index contributed by atoms with van der Waals surface area (Å²) in [4.78, 5) is 17.2. The van der Waals surface area contributed by atoms with Gasteiger partial charge in [0.15, 0.2) is 0 Å². The first-order chi connectivity index (χ1) is 14.6. The van der Waals surface area contributed by atoms with Gasteiger partial charge >= 0.3 is 0 Å². The SMILES string of the molecule is Cc1ncc(C(=O)Nc2cc(C(C)(C)C)n[nH]2)cc1-n1cc(-c2cnn(C)c2C)nn1. The minimum atomic E-state index is -0.290. The summed E-state index contributed by atoms with van der Waals surface area (Å²) < 4.78 is 3.40. The Labute approximate surface area is 179 Å². The number of rotatable bonds is 4. The topological polar surface area (TPSA) is 119 Å². The summed E-state index contributed by atoms with van der Waals surface area (Å²) in [6.45, 7) is 10.0. The number of aromatic nitrogens is 8. The maximum absolute atomic E-state index is 12.8. The summed E-state index contributed by atoms with van der Waals surface area (Å²) in [6.07, 6.45) is 5.10. The molecule has 0 aliphatic rings. The smallest absolute Gasteiger partial charge is 0.258 e. The van der Waals surface area contributed by atoms with Crippen molar-refractivity contribution >= 4 is 11.7 Å². The summed E-state index contributed by atoms with van der Waals surface area (Å²) in [6, 6.07) is 3.58. The van der Waals surface area contributed by atoms with E-state index in [1.165, 1.54) is 6.20 Å². The standard InChI is InChI=1S/C21H25N9O/c1-12-17(30-11-16(25-28-30)15-10-23-29(6)13(15)2)7-14(9-22-12)20(31)24-19-8-18(26-27-19)21(3,4)5/h7-11H,1-6H3,(H2,24,26,27,31). The minimum Gasteiger partial charge on any atom is -0.307 e. The molecule has 4 aromatic heterocycles. The third-order valence-corrected chi connectivity index (χ3v) is 5.17. The first-order valence-corrected chi connectivity index (χ1v) is 9.89. The number of aryl methyl sites for hydroxylation is 2. The van der Waals surface area contributed by atoms with E-state index >= 15 is 0 Å². The highest BCUT2D eigenvalue weighted by atomic mass is 16.1. The molecule has 10 nitrogen and oxygen atoms in total. The molecule has 0 saturated carbocycles. The van der Waals surface area contributed by atoms with E-state index in [1.807, 2.05) is 27.0 Å². The number of pyridine rings is 1. The van der Waals surface area contributed by atoms with Crippen LogP contribution in [0.5, 0.6) is 0 Å². The van der Waals surface area contributed by atoms with Gasteiger partial charge in [0.2, 0.25) is 0 Å². The van der Waals surface area contributed by atoms with E-state index in [4.69, 9.17) is 0 Å². The van der Waals surface area contributed by atoms with Crippen LogP contribution < -0.4 is 5.32 Å². The monoisotopic (exact) mass is 419 g/mol. The van der Waals surface area contributed by atoms with Crippen LogP contribution in [-0.2, 0) is 12.5 Å². The Morgan fingerprint density at radius 3 is 2.58 bits per heavy atom. The second kappa shape index (κ2) is 7.46. The molecule has 4 rings (SSSR count). The largest absolute Gasteiger partial charge is 0.307 e. The average molecular weight is 419 g/mol. The van der Waals surface area contributed by atoms with Crippen molar-refractivity contribution in [1.82, 2.24) is 40.0 Å². The predicted molar refractivity (Wildman–Crippen MR) is 116 cm³/mol. The van der Waals surface area contributed by atoms with Crippen LogP contribution in [0.2, 0.25) is 0 Å². The van der Waals surface area contributed by atoms with Gasteiger partial charge in [0.25, 0.3) is 5.91 Å². The van der Waals surface area contributed by atoms with Gasteiger partial charge in [-0.05, 0) is 19.9 Å². The lowest BCUT2D eigenvalue weighted by Gasteiger charge is -2.13. The van der Waals surface area contributed by atoms with Gasteiger partial charge in [0.05, 0.1) is 35.0 Å². The van der Waals surface area contributed by atoms with Crippen molar-refractivity contribution in [3.05, 3.63) is 53.4 Å². The number of hydrogen-bond acceptors (Lipinski definition) is 6. The summed E-state index contributed by atoms with van der Waals surface area (Å²) in [5.74, 6) is 0.244. The van der Waals surface area contributed by atoms with Crippen LogP contribution in [0.3, 0.4) is 0 Å². The first-order valence-electron chi connectivity index (χ1n) is 9.89. The number of aromatic amines is 1. The second-order valence-electron chi connectivity index (χ2n) is 8.52. The van der Waals surface area contributed by atoms with Crippen molar-refractivity contribution < 1.29 is 4.79 Å². The Morgan fingerprint density at radius 1 is 1.16 bits per heavy atom. The molecule has 0 saturated heterocycles. The van der Waals surface area contributed by atoms with Crippen molar-refractivity contribution in [2.24, 2.45) is 7.05 Å². The molecule has 10 heteroatoms. The molecule has 0 bridgehead atoms. The number of anilines is 1. The Morgan fingerprint density at radius 2 is 1.94 bits per heavy atom. The molecule has 1 amide bonds. The molecule has 0 radical (unpaired) electrons. The first kappa shape index (κ1) is 20.5. The molecule has 0 atom stereocenters. The number of H-pyrrole nitrogens is 1. The number of nitrogens with zero attached hydrogens (tertiary/aromatic N) is 7. The summed E-state index contributed by atoms with van der Waals surface area (Å²) in [5, 5.41) is 22.7. The Hall–Kier alpha value is -3.82. The van der Waals surface area contributed by atoms with Crippen LogP contribution in [0, 0.1) is 13.8 Å². The van der Waals surface area contributed by atoms with Gasteiger partial charge in [0.1, 0.15) is 11.5 Å². The van der Waals surface area contributed by atoms with Crippen LogP contribution in [0.15, 0.2) is 30.7 Å². The Balaban J connectivity index is 1.60. The second-order valence-corrected chi connectivity index (χ2v) is 8.52. The summed E-state index contributed by atoms with van der Waals surface area (Å²) >= 11 is 0. The minimum absolute atomic E-state index is 0.116. The lowest BCUT2D eigenvalue weighted by Crippen LogP contribution is -2.14.